The molecule has 0 saturated heterocycles. The first-order valence-corrected chi connectivity index (χ1v) is 7.46. The van der Waals surface area contributed by atoms with Gasteiger partial charge in [-0.15, -0.1) is 0 Å². The molecule has 100 valence electrons. The Labute approximate surface area is 114 Å². The Kier molecular flexibility index (Phi) is 3.96. The second-order valence-electron chi connectivity index (χ2n) is 4.61. The summed E-state index contributed by atoms with van der Waals surface area (Å²) in [5, 5.41) is 0.574. The molecule has 2 aromatic carbocycles. The van der Waals surface area contributed by atoms with Crippen LogP contribution in [0.2, 0.25) is 0 Å². The van der Waals surface area contributed by atoms with Crippen molar-refractivity contribution in [2.75, 3.05) is 5.73 Å². The van der Waals surface area contributed by atoms with Gasteiger partial charge in [0.1, 0.15) is 5.75 Å². The van der Waals surface area contributed by atoms with Crippen LogP contribution < -0.4 is 15.6 Å². The maximum atomic E-state index is 12.3. The Morgan fingerprint density at radius 3 is 2.37 bits per heavy atom. The molecule has 2 N–H and O–H groups in total. The Bertz CT molecular complexity index is 638. The lowest BCUT2D eigenvalue weighted by Crippen LogP contribution is -2.07. The molecule has 0 spiro atoms. The van der Waals surface area contributed by atoms with Gasteiger partial charge in [-0.2, -0.15) is 0 Å². The summed E-state index contributed by atoms with van der Waals surface area (Å²) >= 11 is 0. The molecule has 0 bridgehead atoms. The van der Waals surface area contributed by atoms with Crippen LogP contribution in [0.25, 0.3) is 0 Å². The number of aryl methyl sites for hydroxylation is 1. The van der Waals surface area contributed by atoms with Crippen LogP contribution in [0.5, 0.6) is 5.75 Å². The van der Waals surface area contributed by atoms with E-state index in [-0.39, 0.29) is 0 Å². The molecule has 0 aliphatic carbocycles. The largest absolute Gasteiger partial charge is 0.441 e. The highest BCUT2D eigenvalue weighted by Gasteiger charge is 2.11. The summed E-state index contributed by atoms with van der Waals surface area (Å²) in [5.74, 6) is 0.662. The van der Waals surface area contributed by atoms with Crippen molar-refractivity contribution >= 4 is 19.0 Å². The summed E-state index contributed by atoms with van der Waals surface area (Å²) < 4.78 is 17.9. The van der Waals surface area contributed by atoms with E-state index in [0.29, 0.717) is 16.7 Å². The number of rotatable bonds is 3. The van der Waals surface area contributed by atoms with Gasteiger partial charge < -0.3 is 10.3 Å². The van der Waals surface area contributed by atoms with Crippen molar-refractivity contribution in [3.63, 3.8) is 0 Å². The van der Waals surface area contributed by atoms with E-state index >= 15 is 0 Å². The molecule has 0 radical (unpaired) electrons. The summed E-state index contributed by atoms with van der Waals surface area (Å²) in [6.07, 6.45) is 0. The van der Waals surface area contributed by atoms with Gasteiger partial charge in [-0.05, 0) is 55.7 Å². The summed E-state index contributed by atoms with van der Waals surface area (Å²) in [4.78, 5) is 0. The molecule has 1 atom stereocenters. The fourth-order valence-corrected chi connectivity index (χ4v) is 2.96. The third kappa shape index (κ3) is 2.82. The first kappa shape index (κ1) is 13.7. The van der Waals surface area contributed by atoms with Gasteiger partial charge in [-0.3, -0.25) is 4.57 Å². The fraction of sp³-hybridized carbons (Fsp3) is 0.200. The zero-order valence-electron chi connectivity index (χ0n) is 11.4. The molecule has 2 aromatic rings. The van der Waals surface area contributed by atoms with Crippen molar-refractivity contribution < 1.29 is 9.09 Å². The van der Waals surface area contributed by atoms with E-state index in [9.17, 15) is 4.57 Å². The van der Waals surface area contributed by atoms with E-state index in [1.54, 1.807) is 12.1 Å². The van der Waals surface area contributed by atoms with E-state index in [4.69, 9.17) is 10.3 Å². The lowest BCUT2D eigenvalue weighted by molar-refractivity contribution is 0.512. The quantitative estimate of drug-likeness (QED) is 0.690. The molecule has 0 heterocycles. The van der Waals surface area contributed by atoms with Crippen molar-refractivity contribution in [2.24, 2.45) is 0 Å². The number of hydrogen-bond donors (Lipinski definition) is 1. The lowest BCUT2D eigenvalue weighted by atomic mass is 10.0. The van der Waals surface area contributed by atoms with Crippen LogP contribution >= 0.6 is 8.03 Å². The molecular formula is C15H18NO2P. The molecule has 2 rings (SSSR count). The van der Waals surface area contributed by atoms with Crippen molar-refractivity contribution in [3.8, 4) is 5.75 Å². The van der Waals surface area contributed by atoms with Gasteiger partial charge in [-0.1, -0.05) is 18.2 Å². The van der Waals surface area contributed by atoms with Gasteiger partial charge in [0.2, 0.25) is 0 Å². The first-order valence-electron chi connectivity index (χ1n) is 6.14. The molecule has 19 heavy (non-hydrogen) atoms. The molecular weight excluding hydrogens is 257 g/mol. The van der Waals surface area contributed by atoms with E-state index < -0.39 is 8.03 Å². The molecule has 0 amide bonds. The van der Waals surface area contributed by atoms with Crippen LogP contribution in [0.15, 0.2) is 36.4 Å². The molecule has 0 aromatic heterocycles. The van der Waals surface area contributed by atoms with Crippen molar-refractivity contribution in [3.05, 3.63) is 53.1 Å². The maximum Gasteiger partial charge on any atom is 0.268 e. The van der Waals surface area contributed by atoms with Crippen LogP contribution in [-0.2, 0) is 4.57 Å². The zero-order chi connectivity index (χ0) is 14.0. The van der Waals surface area contributed by atoms with E-state index in [2.05, 4.69) is 0 Å². The van der Waals surface area contributed by atoms with Gasteiger partial charge in [0.25, 0.3) is 8.03 Å². The first-order chi connectivity index (χ1) is 9.00. The monoisotopic (exact) mass is 275 g/mol. The maximum absolute atomic E-state index is 12.3. The van der Waals surface area contributed by atoms with Crippen molar-refractivity contribution in [2.45, 2.75) is 20.8 Å². The van der Waals surface area contributed by atoms with Crippen LogP contribution in [0.3, 0.4) is 0 Å². The molecule has 4 heteroatoms. The molecule has 1 unspecified atom stereocenters. The average Bonchev–Trinajstić information content (AvgIpc) is 2.40. The van der Waals surface area contributed by atoms with Gasteiger partial charge >= 0.3 is 0 Å². The standard InChI is InChI=1S/C15H18NO2P/c1-10-8-9-14(12(3)11(10)2)18-19(17)15-7-5-4-6-13(15)16/h4-9,19H,16H2,1-3H3. The van der Waals surface area contributed by atoms with E-state index in [1.165, 1.54) is 5.56 Å². The topological polar surface area (TPSA) is 52.3 Å². The minimum atomic E-state index is -2.38. The Morgan fingerprint density at radius 1 is 1.00 bits per heavy atom. The molecule has 3 nitrogen and oxygen atoms in total. The SMILES string of the molecule is Cc1ccc(O[PH](=O)c2ccccc2N)c(C)c1C. The minimum absolute atomic E-state index is 0.507. The fourth-order valence-electron chi connectivity index (χ4n) is 1.88. The highest BCUT2D eigenvalue weighted by molar-refractivity contribution is 7.49. The second-order valence-corrected chi connectivity index (χ2v) is 5.93. The third-order valence-electron chi connectivity index (χ3n) is 3.39. The van der Waals surface area contributed by atoms with Crippen LogP contribution in [0.1, 0.15) is 16.7 Å². The van der Waals surface area contributed by atoms with Crippen molar-refractivity contribution in [1.82, 2.24) is 0 Å². The van der Waals surface area contributed by atoms with E-state index in [0.717, 1.165) is 11.1 Å². The number of anilines is 1. The van der Waals surface area contributed by atoms with Crippen LogP contribution in [0.4, 0.5) is 5.69 Å². The van der Waals surface area contributed by atoms with Crippen LogP contribution in [-0.4, -0.2) is 0 Å². The predicted octanol–water partition coefficient (Wildman–Crippen LogP) is 3.37. The summed E-state index contributed by atoms with van der Waals surface area (Å²) in [7, 11) is -2.38. The number of nitrogen functional groups attached to an aromatic ring is 1. The van der Waals surface area contributed by atoms with E-state index in [1.807, 2.05) is 45.0 Å². The second kappa shape index (κ2) is 5.50. The number of para-hydroxylation sites is 1. The highest BCUT2D eigenvalue weighted by Crippen LogP contribution is 2.32. The smallest absolute Gasteiger partial charge is 0.268 e. The zero-order valence-corrected chi connectivity index (χ0v) is 12.4. The predicted molar refractivity (Wildman–Crippen MR) is 80.8 cm³/mol. The molecule has 0 saturated carbocycles. The Morgan fingerprint density at radius 2 is 1.68 bits per heavy atom. The number of nitrogens with two attached hydrogens (primary N) is 1. The van der Waals surface area contributed by atoms with Gasteiger partial charge in [0.15, 0.2) is 0 Å². The summed E-state index contributed by atoms with van der Waals surface area (Å²) in [5.41, 5.74) is 9.70. The van der Waals surface area contributed by atoms with Crippen molar-refractivity contribution in [1.29, 1.82) is 0 Å². The molecule has 0 fully saturated rings. The minimum Gasteiger partial charge on any atom is -0.441 e. The molecule has 0 aliphatic heterocycles. The van der Waals surface area contributed by atoms with Gasteiger partial charge in [-0.25, -0.2) is 0 Å². The molecule has 0 aliphatic rings. The van der Waals surface area contributed by atoms with Gasteiger partial charge in [0.05, 0.1) is 5.30 Å². The lowest BCUT2D eigenvalue weighted by Gasteiger charge is -2.13. The third-order valence-corrected chi connectivity index (χ3v) is 4.69. The normalized spacial score (nSPS) is 12.2. The highest BCUT2D eigenvalue weighted by atomic mass is 31.1. The average molecular weight is 275 g/mol. The Balaban J connectivity index is 2.30. The summed E-state index contributed by atoms with van der Waals surface area (Å²) in [6, 6.07) is 10.9. The van der Waals surface area contributed by atoms with Crippen LogP contribution in [0, 0.1) is 20.8 Å². The summed E-state index contributed by atoms with van der Waals surface area (Å²) in [6.45, 7) is 6.05. The van der Waals surface area contributed by atoms with Gasteiger partial charge in [0, 0.05) is 5.69 Å². The number of hydrogen-bond acceptors (Lipinski definition) is 3. The number of benzene rings is 2. The Hall–Kier alpha value is -1.73.